The zero-order valence-corrected chi connectivity index (χ0v) is 10.7. The number of hydrogen-bond acceptors (Lipinski definition) is 3. The maximum absolute atomic E-state index is 12.0. The van der Waals surface area contributed by atoms with Crippen molar-refractivity contribution in [1.82, 2.24) is 10.6 Å². The van der Waals surface area contributed by atoms with Gasteiger partial charge in [0.05, 0.1) is 12.1 Å². The van der Waals surface area contributed by atoms with Gasteiger partial charge >= 0.3 is 0 Å². The van der Waals surface area contributed by atoms with Crippen molar-refractivity contribution in [3.05, 3.63) is 0 Å². The Balaban J connectivity index is 2.43. The third-order valence-electron chi connectivity index (χ3n) is 3.27. The van der Waals surface area contributed by atoms with Crippen molar-refractivity contribution in [2.75, 3.05) is 13.1 Å². The fraction of sp³-hybridized carbons (Fsp3) is 0.833. The molecular formula is C12H23N3O2. The molecule has 0 heterocycles. The van der Waals surface area contributed by atoms with Crippen LogP contribution >= 0.6 is 0 Å². The highest BCUT2D eigenvalue weighted by Crippen LogP contribution is 2.30. The number of carbonyl (C=O) groups excluding carboxylic acids is 2. The van der Waals surface area contributed by atoms with E-state index in [1.165, 1.54) is 0 Å². The minimum absolute atomic E-state index is 0.0139. The molecular weight excluding hydrogens is 218 g/mol. The Kier molecular flexibility index (Phi) is 4.93. The van der Waals surface area contributed by atoms with Gasteiger partial charge in [0.1, 0.15) is 0 Å². The zero-order valence-electron chi connectivity index (χ0n) is 10.7. The first-order chi connectivity index (χ1) is 7.98. The molecule has 98 valence electrons. The molecule has 0 aromatic heterocycles. The van der Waals surface area contributed by atoms with Crippen LogP contribution in [0.5, 0.6) is 0 Å². The summed E-state index contributed by atoms with van der Waals surface area (Å²) in [5.41, 5.74) is 5.32. The second kappa shape index (κ2) is 6.00. The summed E-state index contributed by atoms with van der Waals surface area (Å²) in [6.45, 7) is 4.53. The highest BCUT2D eigenvalue weighted by molar-refractivity contribution is 5.90. The van der Waals surface area contributed by atoms with Crippen molar-refractivity contribution in [2.45, 2.75) is 45.1 Å². The molecule has 4 N–H and O–H groups in total. The second-order valence-corrected chi connectivity index (χ2v) is 4.99. The first kappa shape index (κ1) is 14.0. The summed E-state index contributed by atoms with van der Waals surface area (Å²) in [7, 11) is 0. The van der Waals surface area contributed by atoms with Gasteiger partial charge in [-0.3, -0.25) is 9.59 Å². The molecule has 0 aromatic carbocycles. The van der Waals surface area contributed by atoms with Crippen molar-refractivity contribution < 1.29 is 9.59 Å². The van der Waals surface area contributed by atoms with Crippen LogP contribution in [0.1, 0.15) is 39.5 Å². The molecule has 0 radical (unpaired) electrons. The topological polar surface area (TPSA) is 84.2 Å². The molecule has 2 unspecified atom stereocenters. The van der Waals surface area contributed by atoms with Crippen molar-refractivity contribution in [3.8, 4) is 0 Å². The Hall–Kier alpha value is -1.10. The Labute approximate surface area is 103 Å². The van der Waals surface area contributed by atoms with Gasteiger partial charge in [0.15, 0.2) is 0 Å². The lowest BCUT2D eigenvalue weighted by molar-refractivity contribution is -0.130. The Morgan fingerprint density at radius 2 is 2.12 bits per heavy atom. The van der Waals surface area contributed by atoms with Crippen molar-refractivity contribution >= 4 is 11.8 Å². The predicted molar refractivity (Wildman–Crippen MR) is 66.2 cm³/mol. The Morgan fingerprint density at radius 3 is 2.71 bits per heavy atom. The molecule has 0 aliphatic heterocycles. The van der Waals surface area contributed by atoms with E-state index in [0.717, 1.165) is 12.8 Å². The predicted octanol–water partition coefficient (Wildman–Crippen LogP) is 0.146. The van der Waals surface area contributed by atoms with Gasteiger partial charge in [-0.25, -0.2) is 0 Å². The molecule has 17 heavy (non-hydrogen) atoms. The molecule has 0 bridgehead atoms. The monoisotopic (exact) mass is 241 g/mol. The van der Waals surface area contributed by atoms with Crippen molar-refractivity contribution in [3.63, 3.8) is 0 Å². The fourth-order valence-corrected chi connectivity index (χ4v) is 2.39. The van der Waals surface area contributed by atoms with Crippen LogP contribution in [0.2, 0.25) is 0 Å². The minimum Gasteiger partial charge on any atom is -0.355 e. The lowest BCUT2D eigenvalue weighted by Crippen LogP contribution is -2.57. The van der Waals surface area contributed by atoms with Gasteiger partial charge in [-0.2, -0.15) is 0 Å². The molecule has 1 fully saturated rings. The van der Waals surface area contributed by atoms with Crippen molar-refractivity contribution in [1.29, 1.82) is 0 Å². The summed E-state index contributed by atoms with van der Waals surface area (Å²) in [6, 6.07) is 0. The van der Waals surface area contributed by atoms with Gasteiger partial charge in [-0.1, -0.05) is 19.8 Å². The molecule has 5 heteroatoms. The maximum atomic E-state index is 12.0. The average molecular weight is 241 g/mol. The number of amides is 2. The standard InChI is InChI=1S/C12H23N3O2/c1-3-14-10(16)8-15-11(17)12(13)6-4-5-9(2)7-12/h9H,3-8,13H2,1-2H3,(H,14,16)(H,15,17). The molecule has 2 atom stereocenters. The third kappa shape index (κ3) is 4.00. The van der Waals surface area contributed by atoms with E-state index in [-0.39, 0.29) is 18.4 Å². The SMILES string of the molecule is CCNC(=O)CNC(=O)C1(N)CCCC(C)C1. The van der Waals surface area contributed by atoms with Gasteiger partial charge in [0.25, 0.3) is 0 Å². The lowest BCUT2D eigenvalue weighted by atomic mass is 9.76. The number of nitrogens with two attached hydrogens (primary N) is 1. The smallest absolute Gasteiger partial charge is 0.240 e. The number of hydrogen-bond donors (Lipinski definition) is 3. The van der Waals surface area contributed by atoms with Crippen molar-refractivity contribution in [2.24, 2.45) is 11.7 Å². The van der Waals surface area contributed by atoms with Gasteiger partial charge < -0.3 is 16.4 Å². The molecule has 2 amide bonds. The van der Waals surface area contributed by atoms with E-state index in [1.54, 1.807) is 0 Å². The normalized spacial score (nSPS) is 28.5. The number of rotatable bonds is 4. The van der Waals surface area contributed by atoms with E-state index in [1.807, 2.05) is 6.92 Å². The first-order valence-corrected chi connectivity index (χ1v) is 6.32. The molecule has 1 aliphatic carbocycles. The molecule has 0 aromatic rings. The summed E-state index contributed by atoms with van der Waals surface area (Å²) >= 11 is 0. The van der Waals surface area contributed by atoms with Gasteiger partial charge in [0.2, 0.25) is 11.8 Å². The summed E-state index contributed by atoms with van der Waals surface area (Å²) in [4.78, 5) is 23.2. The number of nitrogens with one attached hydrogen (secondary N) is 2. The quantitative estimate of drug-likeness (QED) is 0.655. The van der Waals surface area contributed by atoms with Crippen LogP contribution in [0.3, 0.4) is 0 Å². The molecule has 0 saturated heterocycles. The van der Waals surface area contributed by atoms with Gasteiger partial charge in [-0.15, -0.1) is 0 Å². The molecule has 0 spiro atoms. The number of likely N-dealkylation sites (N-methyl/N-ethyl adjacent to an activating group) is 1. The van der Waals surface area contributed by atoms with E-state index in [2.05, 4.69) is 17.6 Å². The maximum Gasteiger partial charge on any atom is 0.240 e. The first-order valence-electron chi connectivity index (χ1n) is 6.32. The van der Waals surface area contributed by atoms with Crippen LogP contribution in [-0.2, 0) is 9.59 Å². The third-order valence-corrected chi connectivity index (χ3v) is 3.27. The minimum atomic E-state index is -0.788. The summed E-state index contributed by atoms with van der Waals surface area (Å²) in [6.07, 6.45) is 3.52. The van der Waals surface area contributed by atoms with E-state index in [4.69, 9.17) is 5.73 Å². The lowest BCUT2D eigenvalue weighted by Gasteiger charge is -2.35. The highest BCUT2D eigenvalue weighted by atomic mass is 16.2. The summed E-state index contributed by atoms with van der Waals surface area (Å²) in [5, 5.41) is 5.25. The van der Waals surface area contributed by atoms with E-state index < -0.39 is 5.54 Å². The highest BCUT2D eigenvalue weighted by Gasteiger charge is 2.37. The van der Waals surface area contributed by atoms with Crippen LogP contribution in [-0.4, -0.2) is 30.4 Å². The van der Waals surface area contributed by atoms with Gasteiger partial charge in [0, 0.05) is 6.54 Å². The number of carbonyl (C=O) groups is 2. The molecule has 1 aliphatic rings. The molecule has 5 nitrogen and oxygen atoms in total. The molecule has 1 saturated carbocycles. The van der Waals surface area contributed by atoms with E-state index >= 15 is 0 Å². The van der Waals surface area contributed by atoms with E-state index in [0.29, 0.717) is 25.3 Å². The van der Waals surface area contributed by atoms with Crippen LogP contribution in [0.15, 0.2) is 0 Å². The van der Waals surface area contributed by atoms with Gasteiger partial charge in [-0.05, 0) is 25.7 Å². The van der Waals surface area contributed by atoms with Crippen LogP contribution in [0, 0.1) is 5.92 Å². The molecule has 1 rings (SSSR count). The Bertz CT molecular complexity index is 293. The average Bonchev–Trinajstić information content (AvgIpc) is 2.26. The Morgan fingerprint density at radius 1 is 1.41 bits per heavy atom. The van der Waals surface area contributed by atoms with Crippen LogP contribution in [0.4, 0.5) is 0 Å². The van der Waals surface area contributed by atoms with Crippen LogP contribution in [0.25, 0.3) is 0 Å². The van der Waals surface area contributed by atoms with Crippen LogP contribution < -0.4 is 16.4 Å². The fourth-order valence-electron chi connectivity index (χ4n) is 2.39. The zero-order chi connectivity index (χ0) is 12.9. The summed E-state index contributed by atoms with van der Waals surface area (Å²) < 4.78 is 0. The van der Waals surface area contributed by atoms with E-state index in [9.17, 15) is 9.59 Å². The largest absolute Gasteiger partial charge is 0.355 e. The summed E-state index contributed by atoms with van der Waals surface area (Å²) in [5.74, 6) is 0.104. The second-order valence-electron chi connectivity index (χ2n) is 4.99.